The van der Waals surface area contributed by atoms with Crippen molar-refractivity contribution in [3.05, 3.63) is 33.9 Å². The molecule has 0 spiro atoms. The Morgan fingerprint density at radius 1 is 1.53 bits per heavy atom. The number of nitrogens with zero attached hydrogens (tertiary/aromatic N) is 4. The molecule has 1 atom stereocenters. The van der Waals surface area contributed by atoms with Crippen LogP contribution in [-0.2, 0) is 0 Å². The predicted octanol–water partition coefficient (Wildman–Crippen LogP) is 2.29. The van der Waals surface area contributed by atoms with E-state index in [1.807, 2.05) is 20.0 Å². The summed E-state index contributed by atoms with van der Waals surface area (Å²) in [6.45, 7) is 3.99. The first-order valence-corrected chi connectivity index (χ1v) is 5.93. The lowest BCUT2D eigenvalue weighted by atomic mass is 10.3. The van der Waals surface area contributed by atoms with Gasteiger partial charge in [0.05, 0.1) is 17.8 Å². The van der Waals surface area contributed by atoms with Crippen molar-refractivity contribution >= 4 is 17.2 Å². The fourth-order valence-corrected chi connectivity index (χ4v) is 2.14. The van der Waals surface area contributed by atoms with E-state index in [0.717, 1.165) is 9.88 Å². The highest BCUT2D eigenvalue weighted by Gasteiger charge is 2.12. The maximum absolute atomic E-state index is 8.94. The Kier molecular flexibility index (Phi) is 3.30. The molecule has 0 fully saturated rings. The normalized spacial score (nSPS) is 11.8. The van der Waals surface area contributed by atoms with Gasteiger partial charge in [0.1, 0.15) is 11.1 Å². The lowest BCUT2D eigenvalue weighted by Crippen LogP contribution is -2.09. The molecule has 0 aliphatic carbocycles. The first-order valence-electron chi connectivity index (χ1n) is 5.11. The molecule has 0 amide bonds. The second-order valence-corrected chi connectivity index (χ2v) is 4.85. The van der Waals surface area contributed by atoms with Crippen molar-refractivity contribution in [1.29, 1.82) is 5.26 Å². The van der Waals surface area contributed by atoms with Crippen molar-refractivity contribution in [3.8, 4) is 6.07 Å². The molecule has 0 saturated carbocycles. The van der Waals surface area contributed by atoms with Gasteiger partial charge in [-0.2, -0.15) is 10.4 Å². The Labute approximate surface area is 103 Å². The van der Waals surface area contributed by atoms with E-state index in [9.17, 15) is 0 Å². The minimum atomic E-state index is 0.0116. The van der Waals surface area contributed by atoms with Crippen molar-refractivity contribution < 1.29 is 0 Å². The van der Waals surface area contributed by atoms with Crippen LogP contribution >= 0.6 is 11.3 Å². The topological polar surface area (TPSA) is 74.5 Å². The highest BCUT2D eigenvalue weighted by atomic mass is 32.1. The first kappa shape index (κ1) is 11.5. The summed E-state index contributed by atoms with van der Waals surface area (Å²) in [5.74, 6) is 0.496. The standard InChI is InChI=1S/C11H11N5S/c1-7-6-13-11(17-7)8(2)15-10-9(5-12)3-4-14-16-10/h3-4,6,8H,1-2H3,(H,15,16). The number of nitriles is 1. The zero-order valence-electron chi connectivity index (χ0n) is 9.51. The van der Waals surface area contributed by atoms with Gasteiger partial charge in [0.2, 0.25) is 0 Å². The number of thiazole rings is 1. The number of hydrogen-bond donors (Lipinski definition) is 1. The summed E-state index contributed by atoms with van der Waals surface area (Å²) in [6.07, 6.45) is 3.34. The molecule has 1 unspecified atom stereocenters. The molecule has 0 saturated heterocycles. The van der Waals surface area contributed by atoms with Gasteiger partial charge in [0.25, 0.3) is 0 Å². The number of aryl methyl sites for hydroxylation is 1. The summed E-state index contributed by atoms with van der Waals surface area (Å²) < 4.78 is 0. The molecule has 17 heavy (non-hydrogen) atoms. The molecule has 0 aliphatic heterocycles. The molecule has 2 aromatic heterocycles. The summed E-state index contributed by atoms with van der Waals surface area (Å²) in [5.41, 5.74) is 0.486. The minimum absolute atomic E-state index is 0.0116. The zero-order valence-corrected chi connectivity index (χ0v) is 10.3. The van der Waals surface area contributed by atoms with Gasteiger partial charge in [-0.25, -0.2) is 4.98 Å². The molecule has 2 rings (SSSR count). The molecule has 2 aromatic rings. The van der Waals surface area contributed by atoms with Crippen molar-refractivity contribution in [2.45, 2.75) is 19.9 Å². The minimum Gasteiger partial charge on any atom is -0.359 e. The Morgan fingerprint density at radius 3 is 3.00 bits per heavy atom. The molecule has 2 heterocycles. The largest absolute Gasteiger partial charge is 0.359 e. The van der Waals surface area contributed by atoms with Crippen molar-refractivity contribution in [2.75, 3.05) is 5.32 Å². The second kappa shape index (κ2) is 4.89. The summed E-state index contributed by atoms with van der Waals surface area (Å²) in [6, 6.07) is 3.72. The number of nitrogens with one attached hydrogen (secondary N) is 1. The Balaban J connectivity index is 2.19. The number of anilines is 1. The van der Waals surface area contributed by atoms with Crippen LogP contribution in [-0.4, -0.2) is 15.2 Å². The number of hydrogen-bond acceptors (Lipinski definition) is 6. The smallest absolute Gasteiger partial charge is 0.167 e. The summed E-state index contributed by atoms with van der Waals surface area (Å²) in [7, 11) is 0. The third-order valence-electron chi connectivity index (χ3n) is 2.20. The summed E-state index contributed by atoms with van der Waals surface area (Å²) in [5, 5.41) is 20.7. The van der Waals surface area contributed by atoms with E-state index in [1.165, 1.54) is 6.20 Å². The van der Waals surface area contributed by atoms with Crippen LogP contribution in [0, 0.1) is 18.3 Å². The van der Waals surface area contributed by atoms with Gasteiger partial charge in [0.15, 0.2) is 5.82 Å². The molecule has 86 valence electrons. The van der Waals surface area contributed by atoms with Gasteiger partial charge < -0.3 is 5.32 Å². The summed E-state index contributed by atoms with van der Waals surface area (Å²) in [4.78, 5) is 5.45. The van der Waals surface area contributed by atoms with Crippen LogP contribution in [0.15, 0.2) is 18.5 Å². The van der Waals surface area contributed by atoms with E-state index < -0.39 is 0 Å². The monoisotopic (exact) mass is 245 g/mol. The van der Waals surface area contributed by atoms with Gasteiger partial charge in [-0.3, -0.25) is 0 Å². The fraction of sp³-hybridized carbons (Fsp3) is 0.273. The lowest BCUT2D eigenvalue weighted by Gasteiger charge is -2.11. The van der Waals surface area contributed by atoms with Gasteiger partial charge in [-0.05, 0) is 19.9 Å². The molecular formula is C11H11N5S. The third-order valence-corrected chi connectivity index (χ3v) is 3.30. The SMILES string of the molecule is Cc1cnc(C(C)Nc2nnccc2C#N)s1. The fourth-order valence-electron chi connectivity index (χ4n) is 1.37. The van der Waals surface area contributed by atoms with Crippen LogP contribution in [0.5, 0.6) is 0 Å². The van der Waals surface area contributed by atoms with Gasteiger partial charge in [0, 0.05) is 11.1 Å². The van der Waals surface area contributed by atoms with E-state index in [4.69, 9.17) is 5.26 Å². The molecule has 0 aliphatic rings. The molecule has 0 bridgehead atoms. The van der Waals surface area contributed by atoms with Crippen molar-refractivity contribution in [1.82, 2.24) is 15.2 Å². The average Bonchev–Trinajstić information content (AvgIpc) is 2.77. The zero-order chi connectivity index (χ0) is 12.3. The summed E-state index contributed by atoms with van der Waals surface area (Å²) >= 11 is 1.62. The highest BCUT2D eigenvalue weighted by Crippen LogP contribution is 2.23. The van der Waals surface area contributed by atoms with Crippen LogP contribution in [0.2, 0.25) is 0 Å². The molecule has 0 aromatic carbocycles. The Bertz CT molecular complexity index is 557. The predicted molar refractivity (Wildman–Crippen MR) is 65.6 cm³/mol. The second-order valence-electron chi connectivity index (χ2n) is 3.58. The van der Waals surface area contributed by atoms with Crippen LogP contribution in [0.4, 0.5) is 5.82 Å². The Morgan fingerprint density at radius 2 is 2.35 bits per heavy atom. The number of rotatable bonds is 3. The molecular weight excluding hydrogens is 234 g/mol. The maximum atomic E-state index is 8.94. The van der Waals surface area contributed by atoms with Crippen LogP contribution < -0.4 is 5.32 Å². The molecule has 5 nitrogen and oxygen atoms in total. The van der Waals surface area contributed by atoms with Gasteiger partial charge in [-0.15, -0.1) is 16.4 Å². The lowest BCUT2D eigenvalue weighted by molar-refractivity contribution is 0.847. The highest BCUT2D eigenvalue weighted by molar-refractivity contribution is 7.11. The molecule has 0 radical (unpaired) electrons. The first-order chi connectivity index (χ1) is 8.20. The van der Waals surface area contributed by atoms with E-state index in [0.29, 0.717) is 11.4 Å². The van der Waals surface area contributed by atoms with E-state index in [1.54, 1.807) is 17.4 Å². The number of aromatic nitrogens is 3. The van der Waals surface area contributed by atoms with Gasteiger partial charge in [-0.1, -0.05) is 0 Å². The van der Waals surface area contributed by atoms with Crippen molar-refractivity contribution in [3.63, 3.8) is 0 Å². The third kappa shape index (κ3) is 2.57. The van der Waals surface area contributed by atoms with Crippen LogP contribution in [0.25, 0.3) is 0 Å². The van der Waals surface area contributed by atoms with E-state index in [2.05, 4.69) is 26.6 Å². The molecule has 6 heteroatoms. The average molecular weight is 245 g/mol. The van der Waals surface area contributed by atoms with E-state index in [-0.39, 0.29) is 6.04 Å². The van der Waals surface area contributed by atoms with Gasteiger partial charge >= 0.3 is 0 Å². The molecule has 1 N–H and O–H groups in total. The quantitative estimate of drug-likeness (QED) is 0.898. The Hall–Kier alpha value is -2.00. The maximum Gasteiger partial charge on any atom is 0.167 e. The van der Waals surface area contributed by atoms with Crippen LogP contribution in [0.3, 0.4) is 0 Å². The van der Waals surface area contributed by atoms with Crippen LogP contribution in [0.1, 0.15) is 28.4 Å². The van der Waals surface area contributed by atoms with E-state index >= 15 is 0 Å². The van der Waals surface area contributed by atoms with Crippen molar-refractivity contribution in [2.24, 2.45) is 0 Å².